The maximum atomic E-state index is 4.70. The molecule has 0 fully saturated rings. The fourth-order valence-corrected chi connectivity index (χ4v) is 0.928. The Morgan fingerprint density at radius 2 is 2.09 bits per heavy atom. The highest BCUT2D eigenvalue weighted by Crippen LogP contribution is 2.00. The second kappa shape index (κ2) is 4.85. The molecule has 2 heteroatoms. The van der Waals surface area contributed by atoms with Crippen LogP contribution in [0.15, 0.2) is 24.5 Å². The van der Waals surface area contributed by atoms with E-state index in [2.05, 4.69) is 12.1 Å². The summed E-state index contributed by atoms with van der Waals surface area (Å²) < 4.78 is 4.70. The van der Waals surface area contributed by atoms with Gasteiger partial charge in [-0.2, -0.15) is 0 Å². The van der Waals surface area contributed by atoms with E-state index in [0.29, 0.717) is 0 Å². The normalized spacial score (nSPS) is 9.91. The van der Waals surface area contributed by atoms with Crippen LogP contribution in [-0.4, -0.2) is 11.6 Å². The summed E-state index contributed by atoms with van der Waals surface area (Å²) in [5, 5.41) is 0. The number of nitrogens with zero attached hydrogens (tertiary/aromatic N) is 1. The van der Waals surface area contributed by atoms with Crippen molar-refractivity contribution in [2.75, 3.05) is 6.61 Å². The molecule has 1 aromatic heterocycles. The van der Waals surface area contributed by atoms with Crippen molar-refractivity contribution >= 4 is 0 Å². The summed E-state index contributed by atoms with van der Waals surface area (Å²) in [6.07, 6.45) is 5.67. The molecule has 0 saturated carbocycles. The van der Waals surface area contributed by atoms with Crippen molar-refractivity contribution in [3.63, 3.8) is 0 Å². The van der Waals surface area contributed by atoms with E-state index in [0.717, 1.165) is 19.4 Å². The second-order valence-electron chi connectivity index (χ2n) is 2.37. The van der Waals surface area contributed by atoms with Gasteiger partial charge in [-0.05, 0) is 30.5 Å². The van der Waals surface area contributed by atoms with E-state index in [9.17, 15) is 0 Å². The minimum absolute atomic E-state index is 0.725. The molecule has 0 saturated heterocycles. The van der Waals surface area contributed by atoms with Crippen LogP contribution in [-0.2, 0) is 11.2 Å². The van der Waals surface area contributed by atoms with Crippen molar-refractivity contribution in [1.82, 2.24) is 4.98 Å². The average Bonchev–Trinajstić information content (AvgIpc) is 2.07. The van der Waals surface area contributed by atoms with Crippen LogP contribution in [0.5, 0.6) is 0 Å². The number of hydrogen-bond acceptors (Lipinski definition) is 2. The second-order valence-corrected chi connectivity index (χ2v) is 2.37. The lowest BCUT2D eigenvalue weighted by atomic mass is 10.1. The Balaban J connectivity index is 2.28. The van der Waals surface area contributed by atoms with Gasteiger partial charge in [0.1, 0.15) is 0 Å². The van der Waals surface area contributed by atoms with Crippen LogP contribution in [0, 0.1) is 7.11 Å². The molecule has 0 N–H and O–H groups in total. The van der Waals surface area contributed by atoms with Crippen LogP contribution in [0.2, 0.25) is 0 Å². The minimum Gasteiger partial charge on any atom is -0.379 e. The smallest absolute Gasteiger partial charge is 0.0700 e. The summed E-state index contributed by atoms with van der Waals surface area (Å²) in [5.74, 6) is 0. The molecule has 0 amide bonds. The van der Waals surface area contributed by atoms with Crippen molar-refractivity contribution in [3.8, 4) is 0 Å². The van der Waals surface area contributed by atoms with E-state index in [4.69, 9.17) is 4.74 Å². The number of aromatic nitrogens is 1. The van der Waals surface area contributed by atoms with Gasteiger partial charge in [-0.15, -0.1) is 0 Å². The monoisotopic (exact) mass is 150 g/mol. The molecular formula is C9H12NO. The van der Waals surface area contributed by atoms with E-state index in [1.807, 2.05) is 12.1 Å². The molecule has 0 spiro atoms. The fourth-order valence-electron chi connectivity index (χ4n) is 0.928. The van der Waals surface area contributed by atoms with Crippen molar-refractivity contribution in [1.29, 1.82) is 0 Å². The molecule has 1 rings (SSSR count). The van der Waals surface area contributed by atoms with Gasteiger partial charge in [0.25, 0.3) is 0 Å². The molecule has 11 heavy (non-hydrogen) atoms. The third-order valence-corrected chi connectivity index (χ3v) is 1.50. The van der Waals surface area contributed by atoms with E-state index >= 15 is 0 Å². The molecular weight excluding hydrogens is 138 g/mol. The molecule has 0 atom stereocenters. The Bertz CT molecular complexity index is 186. The van der Waals surface area contributed by atoms with Crippen molar-refractivity contribution in [2.24, 2.45) is 0 Å². The highest BCUT2D eigenvalue weighted by molar-refractivity contribution is 5.09. The van der Waals surface area contributed by atoms with E-state index < -0.39 is 0 Å². The first-order valence-corrected chi connectivity index (χ1v) is 3.69. The molecule has 0 aliphatic heterocycles. The number of hydrogen-bond donors (Lipinski definition) is 0. The summed E-state index contributed by atoms with van der Waals surface area (Å²) >= 11 is 0. The Morgan fingerprint density at radius 3 is 2.73 bits per heavy atom. The Kier molecular flexibility index (Phi) is 3.62. The van der Waals surface area contributed by atoms with Gasteiger partial charge in [-0.3, -0.25) is 4.98 Å². The number of ether oxygens (including phenoxy) is 1. The Hall–Kier alpha value is -0.890. The molecule has 1 aromatic rings. The van der Waals surface area contributed by atoms with Gasteiger partial charge in [-0.1, -0.05) is 0 Å². The van der Waals surface area contributed by atoms with Gasteiger partial charge in [0.05, 0.1) is 7.11 Å². The predicted molar refractivity (Wildman–Crippen MR) is 43.9 cm³/mol. The molecule has 0 bridgehead atoms. The molecule has 0 aliphatic rings. The van der Waals surface area contributed by atoms with Gasteiger partial charge in [-0.25, -0.2) is 0 Å². The van der Waals surface area contributed by atoms with Crippen LogP contribution in [0.4, 0.5) is 0 Å². The number of aryl methyl sites for hydroxylation is 1. The van der Waals surface area contributed by atoms with E-state index in [1.54, 1.807) is 12.4 Å². The molecule has 0 unspecified atom stereocenters. The predicted octanol–water partition coefficient (Wildman–Crippen LogP) is 1.82. The van der Waals surface area contributed by atoms with Crippen LogP contribution < -0.4 is 0 Å². The first-order chi connectivity index (χ1) is 5.43. The van der Waals surface area contributed by atoms with E-state index in [-0.39, 0.29) is 0 Å². The van der Waals surface area contributed by atoms with Crippen molar-refractivity contribution in [3.05, 3.63) is 37.2 Å². The third-order valence-electron chi connectivity index (χ3n) is 1.50. The van der Waals surface area contributed by atoms with Crippen LogP contribution in [0.25, 0.3) is 0 Å². The van der Waals surface area contributed by atoms with Crippen molar-refractivity contribution < 1.29 is 4.74 Å². The summed E-state index contributed by atoms with van der Waals surface area (Å²) in [7, 11) is 3.30. The number of rotatable bonds is 4. The lowest BCUT2D eigenvalue weighted by Crippen LogP contribution is -1.91. The maximum Gasteiger partial charge on any atom is 0.0700 e. The molecule has 1 heterocycles. The van der Waals surface area contributed by atoms with Crippen LogP contribution in [0.3, 0.4) is 0 Å². The summed E-state index contributed by atoms with van der Waals surface area (Å²) in [5.41, 5.74) is 1.30. The first kappa shape index (κ1) is 8.21. The minimum atomic E-state index is 0.725. The topological polar surface area (TPSA) is 22.1 Å². The molecule has 2 nitrogen and oxygen atoms in total. The largest absolute Gasteiger partial charge is 0.379 e. The SMILES string of the molecule is [CH2]OCCCc1ccncc1. The van der Waals surface area contributed by atoms with E-state index in [1.165, 1.54) is 5.56 Å². The summed E-state index contributed by atoms with van der Waals surface area (Å²) in [4.78, 5) is 3.93. The highest BCUT2D eigenvalue weighted by Gasteiger charge is 1.90. The van der Waals surface area contributed by atoms with Crippen molar-refractivity contribution in [2.45, 2.75) is 12.8 Å². The maximum absolute atomic E-state index is 4.70. The number of pyridine rings is 1. The lowest BCUT2D eigenvalue weighted by Gasteiger charge is -1.98. The molecule has 0 aliphatic carbocycles. The van der Waals surface area contributed by atoms with Gasteiger partial charge in [0.15, 0.2) is 0 Å². The van der Waals surface area contributed by atoms with Gasteiger partial charge in [0.2, 0.25) is 0 Å². The third kappa shape index (κ3) is 3.14. The fraction of sp³-hybridized carbons (Fsp3) is 0.333. The first-order valence-electron chi connectivity index (χ1n) is 3.69. The molecule has 59 valence electrons. The molecule has 0 aromatic carbocycles. The summed E-state index contributed by atoms with van der Waals surface area (Å²) in [6.45, 7) is 0.725. The highest BCUT2D eigenvalue weighted by atomic mass is 16.5. The quantitative estimate of drug-likeness (QED) is 0.611. The van der Waals surface area contributed by atoms with Gasteiger partial charge < -0.3 is 4.74 Å². The summed E-state index contributed by atoms with van der Waals surface area (Å²) in [6, 6.07) is 4.03. The lowest BCUT2D eigenvalue weighted by molar-refractivity contribution is 0.238. The molecule has 1 radical (unpaired) electrons. The Labute approximate surface area is 67.2 Å². The van der Waals surface area contributed by atoms with Crippen LogP contribution >= 0.6 is 0 Å². The zero-order valence-corrected chi connectivity index (χ0v) is 6.49. The average molecular weight is 150 g/mol. The zero-order chi connectivity index (χ0) is 7.94. The Morgan fingerprint density at radius 1 is 1.36 bits per heavy atom. The van der Waals surface area contributed by atoms with Gasteiger partial charge in [0, 0.05) is 19.0 Å². The zero-order valence-electron chi connectivity index (χ0n) is 6.49. The standard InChI is InChI=1S/C9H12NO/c1-11-8-2-3-9-4-6-10-7-5-9/h4-7H,1-3,8H2. The van der Waals surface area contributed by atoms with Gasteiger partial charge >= 0.3 is 0 Å². The van der Waals surface area contributed by atoms with Crippen LogP contribution in [0.1, 0.15) is 12.0 Å².